The van der Waals surface area contributed by atoms with Crippen LogP contribution < -0.4 is 4.74 Å². The zero-order valence-corrected chi connectivity index (χ0v) is 23.3. The van der Waals surface area contributed by atoms with E-state index in [9.17, 15) is 0 Å². The fourth-order valence-electron chi connectivity index (χ4n) is 4.67. The summed E-state index contributed by atoms with van der Waals surface area (Å²) in [5.74, 6) is 1.52. The van der Waals surface area contributed by atoms with Crippen molar-refractivity contribution in [3.8, 4) is 17.1 Å². The number of hydrogen-bond acceptors (Lipinski definition) is 6. The molecule has 5 nitrogen and oxygen atoms in total. The van der Waals surface area contributed by atoms with Crippen LogP contribution in [-0.4, -0.2) is 40.6 Å². The maximum Gasteiger partial charge on any atom is 0.162 e. The quantitative estimate of drug-likeness (QED) is 0.226. The van der Waals surface area contributed by atoms with Gasteiger partial charge in [-0.05, 0) is 74.5 Å². The van der Waals surface area contributed by atoms with E-state index in [1.54, 1.807) is 13.3 Å². The van der Waals surface area contributed by atoms with Crippen molar-refractivity contribution in [2.45, 2.75) is 58.9 Å². The Morgan fingerprint density at radius 3 is 2.67 bits per heavy atom. The minimum absolute atomic E-state index is 0.680. The van der Waals surface area contributed by atoms with Crippen molar-refractivity contribution < 1.29 is 4.74 Å². The lowest BCUT2D eigenvalue weighted by Gasteiger charge is -2.22. The van der Waals surface area contributed by atoms with Gasteiger partial charge in [-0.15, -0.1) is 11.3 Å². The smallest absolute Gasteiger partial charge is 0.162 e. The summed E-state index contributed by atoms with van der Waals surface area (Å²) in [7, 11) is 3.84. The fourth-order valence-corrected chi connectivity index (χ4v) is 6.27. The molecule has 0 amide bonds. The van der Waals surface area contributed by atoms with Gasteiger partial charge in [0.25, 0.3) is 0 Å². The predicted octanol–water partition coefficient (Wildman–Crippen LogP) is 7.38. The van der Waals surface area contributed by atoms with E-state index in [0.29, 0.717) is 5.02 Å². The van der Waals surface area contributed by atoms with Gasteiger partial charge in [0.05, 0.1) is 17.8 Å². The van der Waals surface area contributed by atoms with Crippen LogP contribution in [0.3, 0.4) is 0 Å². The second-order valence-corrected chi connectivity index (χ2v) is 10.4. The number of rotatable bonds is 8. The Hall–Kier alpha value is -2.54. The first-order chi connectivity index (χ1) is 17.6. The Morgan fingerprint density at radius 1 is 1.08 bits per heavy atom. The molecule has 1 aliphatic heterocycles. The summed E-state index contributed by atoms with van der Waals surface area (Å²) in [4.78, 5) is 19.3. The summed E-state index contributed by atoms with van der Waals surface area (Å²) in [6.45, 7) is 6.09. The van der Waals surface area contributed by atoms with Crippen molar-refractivity contribution in [3.05, 3.63) is 69.4 Å². The molecule has 1 aliphatic rings. The SMILES string of the molecule is CC.COc1ccc(CCCCCc2nc(-c3cccnc3)nc3sc4c(c23)CCN(C)C4)cc1Cl. The van der Waals surface area contributed by atoms with Gasteiger partial charge in [-0.25, -0.2) is 9.97 Å². The van der Waals surface area contributed by atoms with E-state index in [2.05, 4.69) is 23.0 Å². The van der Waals surface area contributed by atoms with Crippen LogP contribution in [0.2, 0.25) is 5.02 Å². The molecule has 0 atom stereocenters. The van der Waals surface area contributed by atoms with E-state index in [1.165, 1.54) is 27.1 Å². The van der Waals surface area contributed by atoms with Crippen molar-refractivity contribution in [1.82, 2.24) is 19.9 Å². The molecule has 190 valence electrons. The Balaban J connectivity index is 0.00000148. The third-order valence-corrected chi connectivity index (χ3v) is 7.89. The molecule has 0 aliphatic carbocycles. The first kappa shape index (κ1) is 26.5. The normalized spacial score (nSPS) is 13.2. The number of benzene rings is 1. The van der Waals surface area contributed by atoms with Gasteiger partial charge in [-0.3, -0.25) is 4.98 Å². The van der Waals surface area contributed by atoms with E-state index in [0.717, 1.165) is 73.6 Å². The molecule has 4 aromatic rings. The van der Waals surface area contributed by atoms with Gasteiger partial charge >= 0.3 is 0 Å². The number of pyridine rings is 1. The third-order valence-electron chi connectivity index (χ3n) is 6.48. The fraction of sp³-hybridized carbons (Fsp3) is 0.414. The van der Waals surface area contributed by atoms with E-state index in [-0.39, 0.29) is 0 Å². The summed E-state index contributed by atoms with van der Waals surface area (Å²) >= 11 is 8.12. The second-order valence-electron chi connectivity index (χ2n) is 8.94. The van der Waals surface area contributed by atoms with E-state index in [4.69, 9.17) is 26.3 Å². The van der Waals surface area contributed by atoms with Gasteiger partial charge in [-0.2, -0.15) is 0 Å². The molecule has 0 N–H and O–H groups in total. The molecular weight excluding hydrogens is 488 g/mol. The lowest BCUT2D eigenvalue weighted by Crippen LogP contribution is -2.25. The molecule has 0 saturated carbocycles. The van der Waals surface area contributed by atoms with Crippen molar-refractivity contribution in [2.24, 2.45) is 0 Å². The van der Waals surface area contributed by atoms with Crippen molar-refractivity contribution >= 4 is 33.2 Å². The predicted molar refractivity (Wildman–Crippen MR) is 151 cm³/mol. The average molecular weight is 523 g/mol. The van der Waals surface area contributed by atoms with Gasteiger partial charge < -0.3 is 9.64 Å². The highest BCUT2D eigenvalue weighted by molar-refractivity contribution is 7.18. The molecule has 4 heterocycles. The van der Waals surface area contributed by atoms with E-state index >= 15 is 0 Å². The number of aromatic nitrogens is 3. The molecule has 0 bridgehead atoms. The highest BCUT2D eigenvalue weighted by Crippen LogP contribution is 2.37. The number of aryl methyl sites for hydroxylation is 2. The Bertz CT molecular complexity index is 1290. The number of unbranched alkanes of at least 4 members (excludes halogenated alkanes) is 2. The van der Waals surface area contributed by atoms with Crippen LogP contribution in [0.5, 0.6) is 5.75 Å². The molecular formula is C29H35ClN4OS. The molecule has 5 rings (SSSR count). The minimum atomic E-state index is 0.680. The first-order valence-electron chi connectivity index (χ1n) is 12.8. The first-order valence-corrected chi connectivity index (χ1v) is 14.0. The molecule has 1 aromatic carbocycles. The largest absolute Gasteiger partial charge is 0.495 e. The maximum atomic E-state index is 6.28. The number of halogens is 1. The summed E-state index contributed by atoms with van der Waals surface area (Å²) in [5.41, 5.74) is 4.90. The molecule has 0 unspecified atom stereocenters. The standard InChI is InChI=1S/C27H29ClN4OS.C2H6/c1-32-14-12-20-24(17-32)34-27-25(20)22(30-26(31-27)19-8-6-13-29-16-19)9-5-3-4-7-18-10-11-23(33-2)21(28)15-18;1-2/h6,8,10-11,13,15-16H,3-5,7,9,12,14,17H2,1-2H3;1-2H3. The number of methoxy groups -OCH3 is 1. The molecule has 7 heteroatoms. The number of fused-ring (bicyclic) bond motifs is 3. The van der Waals surface area contributed by atoms with Gasteiger partial charge in [0.15, 0.2) is 5.82 Å². The minimum Gasteiger partial charge on any atom is -0.495 e. The third kappa shape index (κ3) is 6.05. The Labute approximate surface area is 223 Å². The monoisotopic (exact) mass is 522 g/mol. The van der Waals surface area contributed by atoms with Crippen LogP contribution in [0.15, 0.2) is 42.7 Å². The Morgan fingerprint density at radius 2 is 1.92 bits per heavy atom. The number of hydrogen-bond donors (Lipinski definition) is 0. The van der Waals surface area contributed by atoms with E-state index < -0.39 is 0 Å². The maximum absolute atomic E-state index is 6.28. The summed E-state index contributed by atoms with van der Waals surface area (Å²) < 4.78 is 5.26. The van der Waals surface area contributed by atoms with Gasteiger partial charge in [0.2, 0.25) is 0 Å². The van der Waals surface area contributed by atoms with Crippen LogP contribution in [0, 0.1) is 0 Å². The van der Waals surface area contributed by atoms with Gasteiger partial charge in [0, 0.05) is 41.3 Å². The van der Waals surface area contributed by atoms with Gasteiger partial charge in [-0.1, -0.05) is 37.9 Å². The topological polar surface area (TPSA) is 51.1 Å². The second kappa shape index (κ2) is 12.6. The summed E-state index contributed by atoms with van der Waals surface area (Å²) in [5, 5.41) is 1.99. The summed E-state index contributed by atoms with van der Waals surface area (Å²) in [6, 6.07) is 10.1. The van der Waals surface area contributed by atoms with Crippen molar-refractivity contribution in [2.75, 3.05) is 20.7 Å². The lowest BCUT2D eigenvalue weighted by atomic mass is 10.0. The van der Waals surface area contributed by atoms with Gasteiger partial charge in [0.1, 0.15) is 10.6 Å². The zero-order chi connectivity index (χ0) is 25.5. The number of ether oxygens (including phenoxy) is 1. The highest BCUT2D eigenvalue weighted by atomic mass is 35.5. The highest BCUT2D eigenvalue weighted by Gasteiger charge is 2.23. The summed E-state index contributed by atoms with van der Waals surface area (Å²) in [6.07, 6.45) is 10.1. The van der Waals surface area contributed by atoms with Crippen molar-refractivity contribution in [3.63, 3.8) is 0 Å². The lowest BCUT2D eigenvalue weighted by molar-refractivity contribution is 0.318. The van der Waals surface area contributed by atoms with Crippen LogP contribution in [0.25, 0.3) is 21.6 Å². The molecule has 0 fully saturated rings. The van der Waals surface area contributed by atoms with E-state index in [1.807, 2.05) is 55.6 Å². The zero-order valence-electron chi connectivity index (χ0n) is 21.7. The van der Waals surface area contributed by atoms with Crippen molar-refractivity contribution in [1.29, 1.82) is 0 Å². The Kier molecular flexibility index (Phi) is 9.30. The van der Waals surface area contributed by atoms with Crippen LogP contribution in [-0.2, 0) is 25.8 Å². The average Bonchev–Trinajstić information content (AvgIpc) is 3.27. The molecule has 0 radical (unpaired) electrons. The van der Waals surface area contributed by atoms with Crippen LogP contribution in [0.1, 0.15) is 54.8 Å². The number of nitrogens with zero attached hydrogens (tertiary/aromatic N) is 4. The molecule has 0 spiro atoms. The molecule has 3 aromatic heterocycles. The molecule has 0 saturated heterocycles. The number of thiophene rings is 1. The number of likely N-dealkylation sites (N-methyl/N-ethyl adjacent to an activating group) is 1. The van der Waals surface area contributed by atoms with Crippen LogP contribution >= 0.6 is 22.9 Å². The molecule has 36 heavy (non-hydrogen) atoms. The van der Waals surface area contributed by atoms with Crippen LogP contribution in [0.4, 0.5) is 0 Å².